The molecule has 0 bridgehead atoms. The van der Waals surface area contributed by atoms with Crippen LogP contribution in [0.2, 0.25) is 0 Å². The zero-order valence-electron chi connectivity index (χ0n) is 12.1. The first-order valence-corrected chi connectivity index (χ1v) is 7.70. The van der Waals surface area contributed by atoms with Gasteiger partial charge in [0.1, 0.15) is 11.9 Å². The molecule has 3 rings (SSSR count). The Kier molecular flexibility index (Phi) is 3.79. The zero-order valence-corrected chi connectivity index (χ0v) is 12.1. The summed E-state index contributed by atoms with van der Waals surface area (Å²) in [6.07, 6.45) is 5.43. The van der Waals surface area contributed by atoms with Crippen molar-refractivity contribution in [3.63, 3.8) is 0 Å². The third-order valence-corrected chi connectivity index (χ3v) is 4.75. The van der Waals surface area contributed by atoms with Gasteiger partial charge in [0.2, 0.25) is 0 Å². The van der Waals surface area contributed by atoms with Crippen molar-refractivity contribution in [2.24, 2.45) is 11.8 Å². The number of nitrogens with one attached hydrogen (secondary N) is 1. The van der Waals surface area contributed by atoms with E-state index in [1.807, 2.05) is 0 Å². The minimum absolute atomic E-state index is 0.323. The van der Waals surface area contributed by atoms with E-state index in [2.05, 4.69) is 43.4 Å². The van der Waals surface area contributed by atoms with Crippen LogP contribution in [0.15, 0.2) is 24.3 Å². The van der Waals surface area contributed by atoms with Gasteiger partial charge < -0.3 is 10.1 Å². The fraction of sp³-hybridized carbons (Fsp3) is 0.647. The topological polar surface area (TPSA) is 21.3 Å². The maximum Gasteiger partial charge on any atom is 0.123 e. The van der Waals surface area contributed by atoms with Crippen molar-refractivity contribution in [2.75, 3.05) is 6.54 Å². The first-order valence-electron chi connectivity index (χ1n) is 7.70. The Bertz CT molecular complexity index is 406. The van der Waals surface area contributed by atoms with Crippen molar-refractivity contribution in [3.05, 3.63) is 29.8 Å². The van der Waals surface area contributed by atoms with E-state index in [-0.39, 0.29) is 0 Å². The Morgan fingerprint density at radius 3 is 2.84 bits per heavy atom. The number of fused-ring (bicyclic) bond motifs is 1. The van der Waals surface area contributed by atoms with Gasteiger partial charge in [-0.05, 0) is 42.7 Å². The van der Waals surface area contributed by atoms with Crippen LogP contribution in [0.5, 0.6) is 5.75 Å². The largest absolute Gasteiger partial charge is 0.488 e. The summed E-state index contributed by atoms with van der Waals surface area (Å²) in [6.45, 7) is 5.75. The van der Waals surface area contributed by atoms with Gasteiger partial charge in [-0.15, -0.1) is 0 Å². The third-order valence-electron chi connectivity index (χ3n) is 4.75. The van der Waals surface area contributed by atoms with Gasteiger partial charge in [-0.1, -0.05) is 32.0 Å². The molecule has 2 heteroatoms. The minimum Gasteiger partial charge on any atom is -0.488 e. The second kappa shape index (κ2) is 5.54. The number of hydrogen-bond donors (Lipinski definition) is 1. The van der Waals surface area contributed by atoms with Crippen LogP contribution in [-0.4, -0.2) is 18.7 Å². The Balaban J connectivity index is 1.49. The number of ether oxygens (including phenoxy) is 1. The van der Waals surface area contributed by atoms with Crippen molar-refractivity contribution in [1.82, 2.24) is 5.32 Å². The van der Waals surface area contributed by atoms with Gasteiger partial charge >= 0.3 is 0 Å². The zero-order chi connectivity index (χ0) is 13.2. The van der Waals surface area contributed by atoms with E-state index in [1.165, 1.54) is 24.8 Å². The summed E-state index contributed by atoms with van der Waals surface area (Å²) in [7, 11) is 0. The standard InChI is InChI=1S/C17H25NO/c1-12-7-8-16(13(2)9-12)18-11-15-10-14-5-3-4-6-17(14)19-15/h3-6,12-13,15-16,18H,7-11H2,1-2H3. The van der Waals surface area contributed by atoms with Crippen molar-refractivity contribution >= 4 is 0 Å². The molecule has 0 saturated heterocycles. The van der Waals surface area contributed by atoms with E-state index in [9.17, 15) is 0 Å². The summed E-state index contributed by atoms with van der Waals surface area (Å²) in [5, 5.41) is 3.74. The molecule has 2 nitrogen and oxygen atoms in total. The Morgan fingerprint density at radius 2 is 2.05 bits per heavy atom. The molecule has 2 aliphatic rings. The summed E-state index contributed by atoms with van der Waals surface area (Å²) in [5.74, 6) is 2.78. The summed E-state index contributed by atoms with van der Waals surface area (Å²) >= 11 is 0. The van der Waals surface area contributed by atoms with Crippen LogP contribution in [0, 0.1) is 11.8 Å². The molecule has 1 heterocycles. The predicted molar refractivity (Wildman–Crippen MR) is 78.5 cm³/mol. The van der Waals surface area contributed by atoms with Crippen LogP contribution in [0.1, 0.15) is 38.7 Å². The van der Waals surface area contributed by atoms with Gasteiger partial charge in [0.15, 0.2) is 0 Å². The molecule has 104 valence electrons. The normalized spacial score (nSPS) is 33.8. The van der Waals surface area contributed by atoms with E-state index in [0.29, 0.717) is 12.1 Å². The van der Waals surface area contributed by atoms with Crippen LogP contribution >= 0.6 is 0 Å². The van der Waals surface area contributed by atoms with Crippen molar-refractivity contribution in [3.8, 4) is 5.75 Å². The van der Waals surface area contributed by atoms with E-state index in [4.69, 9.17) is 4.74 Å². The summed E-state index contributed by atoms with van der Waals surface area (Å²) < 4.78 is 5.99. The molecular formula is C17H25NO. The Morgan fingerprint density at radius 1 is 1.21 bits per heavy atom. The van der Waals surface area contributed by atoms with Crippen molar-refractivity contribution in [1.29, 1.82) is 0 Å². The molecule has 1 aromatic rings. The lowest BCUT2D eigenvalue weighted by Crippen LogP contribution is -2.43. The SMILES string of the molecule is CC1CCC(NCC2Cc3ccccc3O2)C(C)C1. The highest BCUT2D eigenvalue weighted by Crippen LogP contribution is 2.30. The maximum atomic E-state index is 5.99. The van der Waals surface area contributed by atoms with Crippen LogP contribution < -0.4 is 10.1 Å². The molecule has 4 atom stereocenters. The summed E-state index contributed by atoms with van der Waals surface area (Å²) in [4.78, 5) is 0. The van der Waals surface area contributed by atoms with Crippen molar-refractivity contribution in [2.45, 2.75) is 51.7 Å². The van der Waals surface area contributed by atoms with E-state index < -0.39 is 0 Å². The predicted octanol–water partition coefficient (Wildman–Crippen LogP) is 3.40. The number of benzene rings is 1. The van der Waals surface area contributed by atoms with E-state index in [1.54, 1.807) is 0 Å². The fourth-order valence-corrected chi connectivity index (χ4v) is 3.62. The number of para-hydroxylation sites is 1. The van der Waals surface area contributed by atoms with E-state index in [0.717, 1.165) is 30.6 Å². The van der Waals surface area contributed by atoms with Crippen LogP contribution in [0.4, 0.5) is 0 Å². The second-order valence-electron chi connectivity index (χ2n) is 6.46. The molecule has 1 aliphatic heterocycles. The first-order chi connectivity index (χ1) is 9.22. The lowest BCUT2D eigenvalue weighted by molar-refractivity contribution is 0.184. The molecule has 1 aromatic carbocycles. The third kappa shape index (κ3) is 2.94. The summed E-state index contributed by atoms with van der Waals surface area (Å²) in [5.41, 5.74) is 1.36. The van der Waals surface area contributed by atoms with Crippen LogP contribution in [0.3, 0.4) is 0 Å². The quantitative estimate of drug-likeness (QED) is 0.898. The average Bonchev–Trinajstić information content (AvgIpc) is 2.80. The van der Waals surface area contributed by atoms with Gasteiger partial charge in [-0.2, -0.15) is 0 Å². The van der Waals surface area contributed by atoms with Gasteiger partial charge in [0, 0.05) is 19.0 Å². The smallest absolute Gasteiger partial charge is 0.123 e. The van der Waals surface area contributed by atoms with Gasteiger partial charge in [-0.25, -0.2) is 0 Å². The lowest BCUT2D eigenvalue weighted by atomic mass is 9.80. The fourth-order valence-electron chi connectivity index (χ4n) is 3.62. The van der Waals surface area contributed by atoms with Crippen molar-refractivity contribution < 1.29 is 4.74 Å². The molecule has 19 heavy (non-hydrogen) atoms. The van der Waals surface area contributed by atoms with Crippen LogP contribution in [-0.2, 0) is 6.42 Å². The second-order valence-corrected chi connectivity index (χ2v) is 6.46. The first kappa shape index (κ1) is 13.0. The number of hydrogen-bond acceptors (Lipinski definition) is 2. The monoisotopic (exact) mass is 259 g/mol. The molecule has 1 N–H and O–H groups in total. The minimum atomic E-state index is 0.323. The molecule has 0 aromatic heterocycles. The molecule has 1 aliphatic carbocycles. The van der Waals surface area contributed by atoms with E-state index >= 15 is 0 Å². The molecular weight excluding hydrogens is 234 g/mol. The summed E-state index contributed by atoms with van der Waals surface area (Å²) in [6, 6.07) is 9.10. The highest BCUT2D eigenvalue weighted by atomic mass is 16.5. The van der Waals surface area contributed by atoms with Crippen LogP contribution in [0.25, 0.3) is 0 Å². The molecule has 0 spiro atoms. The maximum absolute atomic E-state index is 5.99. The van der Waals surface area contributed by atoms with Gasteiger partial charge in [-0.3, -0.25) is 0 Å². The van der Waals surface area contributed by atoms with Gasteiger partial charge in [0.25, 0.3) is 0 Å². The lowest BCUT2D eigenvalue weighted by Gasteiger charge is -2.33. The highest BCUT2D eigenvalue weighted by molar-refractivity contribution is 5.37. The van der Waals surface area contributed by atoms with Gasteiger partial charge in [0.05, 0.1) is 0 Å². The molecule has 1 fully saturated rings. The molecule has 0 amide bonds. The highest BCUT2D eigenvalue weighted by Gasteiger charge is 2.27. The molecule has 4 unspecified atom stereocenters. The Labute approximate surface area is 116 Å². The Hall–Kier alpha value is -1.02. The number of rotatable bonds is 3. The molecule has 0 radical (unpaired) electrons. The average molecular weight is 259 g/mol. The molecule has 1 saturated carbocycles.